The maximum Gasteiger partial charge on any atom is 0.338 e. The van der Waals surface area contributed by atoms with Crippen molar-refractivity contribution < 1.29 is 18.7 Å². The van der Waals surface area contributed by atoms with Gasteiger partial charge in [0.2, 0.25) is 0 Å². The van der Waals surface area contributed by atoms with Gasteiger partial charge >= 0.3 is 5.97 Å². The zero-order chi connectivity index (χ0) is 12.3. The van der Waals surface area contributed by atoms with E-state index in [0.29, 0.717) is 6.07 Å². The maximum atomic E-state index is 13.3. The molecular formula is C10H11F2NO2S. The molecule has 0 spiro atoms. The van der Waals surface area contributed by atoms with Crippen LogP contribution in [0.15, 0.2) is 17.0 Å². The Labute approximate surface area is 96.0 Å². The highest BCUT2D eigenvalue weighted by Gasteiger charge is 2.15. The number of aromatic carboxylic acids is 1. The monoisotopic (exact) mass is 247 g/mol. The molecule has 0 saturated carbocycles. The molecule has 0 bridgehead atoms. The number of nitrogens with one attached hydrogen (secondary N) is 1. The van der Waals surface area contributed by atoms with E-state index in [1.807, 2.05) is 13.8 Å². The minimum absolute atomic E-state index is 0.0625. The Kier molecular flexibility index (Phi) is 4.26. The molecule has 0 heterocycles. The number of carboxylic acids is 1. The highest BCUT2D eigenvalue weighted by Crippen LogP contribution is 2.23. The third kappa shape index (κ3) is 3.18. The fourth-order valence-electron chi connectivity index (χ4n) is 0.953. The minimum atomic E-state index is -1.41. The van der Waals surface area contributed by atoms with E-state index in [4.69, 9.17) is 5.11 Å². The van der Waals surface area contributed by atoms with Gasteiger partial charge in [-0.05, 0) is 31.9 Å². The highest BCUT2D eigenvalue weighted by molar-refractivity contribution is 7.97. The Bertz CT molecular complexity index is 410. The second kappa shape index (κ2) is 5.27. The lowest BCUT2D eigenvalue weighted by Gasteiger charge is -2.08. The topological polar surface area (TPSA) is 49.3 Å². The predicted molar refractivity (Wildman–Crippen MR) is 57.4 cm³/mol. The first-order chi connectivity index (χ1) is 7.41. The van der Waals surface area contributed by atoms with Crippen LogP contribution in [0.5, 0.6) is 0 Å². The van der Waals surface area contributed by atoms with Gasteiger partial charge in [0.15, 0.2) is 0 Å². The van der Waals surface area contributed by atoms with Crippen molar-refractivity contribution in [3.8, 4) is 0 Å². The first-order valence-electron chi connectivity index (χ1n) is 4.56. The van der Waals surface area contributed by atoms with Gasteiger partial charge in [-0.3, -0.25) is 4.72 Å². The molecule has 0 aliphatic carbocycles. The van der Waals surface area contributed by atoms with Crippen LogP contribution in [-0.4, -0.2) is 17.1 Å². The van der Waals surface area contributed by atoms with Gasteiger partial charge in [0.1, 0.15) is 11.6 Å². The van der Waals surface area contributed by atoms with E-state index in [9.17, 15) is 13.6 Å². The molecule has 0 amide bonds. The lowest BCUT2D eigenvalue weighted by Crippen LogP contribution is -2.14. The molecule has 16 heavy (non-hydrogen) atoms. The van der Waals surface area contributed by atoms with Crippen LogP contribution in [0.25, 0.3) is 0 Å². The average Bonchev–Trinajstić information content (AvgIpc) is 2.15. The van der Waals surface area contributed by atoms with Crippen molar-refractivity contribution in [2.45, 2.75) is 24.8 Å². The molecule has 1 rings (SSSR count). The van der Waals surface area contributed by atoms with Crippen molar-refractivity contribution >= 4 is 17.9 Å². The average molecular weight is 247 g/mol. The summed E-state index contributed by atoms with van der Waals surface area (Å²) in [5.74, 6) is -3.26. The third-order valence-corrected chi connectivity index (χ3v) is 2.78. The number of rotatable bonds is 4. The molecular weight excluding hydrogens is 236 g/mol. The summed E-state index contributed by atoms with van der Waals surface area (Å²) in [6, 6.07) is 1.66. The van der Waals surface area contributed by atoms with E-state index in [1.54, 1.807) is 0 Å². The van der Waals surface area contributed by atoms with Gasteiger partial charge in [-0.2, -0.15) is 0 Å². The molecule has 0 fully saturated rings. The summed E-state index contributed by atoms with van der Waals surface area (Å²) in [5.41, 5.74) is -0.533. The quantitative estimate of drug-likeness (QED) is 0.803. The van der Waals surface area contributed by atoms with E-state index in [2.05, 4.69) is 4.72 Å². The summed E-state index contributed by atoms with van der Waals surface area (Å²) in [6.45, 7) is 3.71. The van der Waals surface area contributed by atoms with Crippen molar-refractivity contribution in [1.82, 2.24) is 4.72 Å². The molecule has 3 nitrogen and oxygen atoms in total. The zero-order valence-corrected chi connectivity index (χ0v) is 9.57. The van der Waals surface area contributed by atoms with Crippen LogP contribution >= 0.6 is 11.9 Å². The first kappa shape index (κ1) is 12.9. The van der Waals surface area contributed by atoms with Crippen molar-refractivity contribution in [1.29, 1.82) is 0 Å². The van der Waals surface area contributed by atoms with Crippen LogP contribution in [0.3, 0.4) is 0 Å². The Hall–Kier alpha value is -1.14. The van der Waals surface area contributed by atoms with Gasteiger partial charge in [-0.1, -0.05) is 0 Å². The summed E-state index contributed by atoms with van der Waals surface area (Å²) < 4.78 is 29.1. The number of halogens is 2. The van der Waals surface area contributed by atoms with Crippen molar-refractivity contribution in [2.24, 2.45) is 0 Å². The second-order valence-electron chi connectivity index (χ2n) is 3.44. The lowest BCUT2D eigenvalue weighted by atomic mass is 10.2. The summed E-state index contributed by atoms with van der Waals surface area (Å²) in [5, 5.41) is 8.67. The van der Waals surface area contributed by atoms with Crippen LogP contribution < -0.4 is 4.72 Å². The van der Waals surface area contributed by atoms with Gasteiger partial charge in [0.05, 0.1) is 10.5 Å². The lowest BCUT2D eigenvalue weighted by molar-refractivity contribution is 0.0691. The molecule has 0 unspecified atom stereocenters. The van der Waals surface area contributed by atoms with E-state index in [1.165, 1.54) is 0 Å². The van der Waals surface area contributed by atoms with Crippen LogP contribution in [0.2, 0.25) is 0 Å². The minimum Gasteiger partial charge on any atom is -0.478 e. The summed E-state index contributed by atoms with van der Waals surface area (Å²) in [6.07, 6.45) is 0. The molecule has 2 N–H and O–H groups in total. The van der Waals surface area contributed by atoms with Crippen LogP contribution in [-0.2, 0) is 0 Å². The molecule has 1 aromatic carbocycles. The van der Waals surface area contributed by atoms with Crippen LogP contribution in [0.1, 0.15) is 24.2 Å². The summed E-state index contributed by atoms with van der Waals surface area (Å²) in [4.78, 5) is 10.7. The molecule has 0 radical (unpaired) electrons. The molecule has 0 aliphatic rings. The van der Waals surface area contributed by atoms with E-state index in [0.717, 1.165) is 18.0 Å². The maximum absolute atomic E-state index is 13.3. The predicted octanol–water partition coefficient (Wildman–Crippen LogP) is 2.67. The van der Waals surface area contributed by atoms with Crippen molar-refractivity contribution in [2.75, 3.05) is 0 Å². The van der Waals surface area contributed by atoms with Gasteiger partial charge in [-0.15, -0.1) is 0 Å². The molecule has 88 valence electrons. The number of hydrogen-bond donors (Lipinski definition) is 2. The largest absolute Gasteiger partial charge is 0.478 e. The normalized spacial score (nSPS) is 10.8. The van der Waals surface area contributed by atoms with Crippen LogP contribution in [0, 0.1) is 11.6 Å². The Morgan fingerprint density at radius 3 is 2.50 bits per heavy atom. The fourth-order valence-corrected chi connectivity index (χ4v) is 1.65. The number of benzene rings is 1. The van der Waals surface area contributed by atoms with Crippen molar-refractivity contribution in [3.63, 3.8) is 0 Å². The second-order valence-corrected chi connectivity index (χ2v) is 4.32. The molecule has 1 aromatic rings. The Morgan fingerprint density at radius 2 is 2.00 bits per heavy atom. The standard InChI is InChI=1S/C10H11F2NO2S/c1-5(2)13-16-9-3-6(10(14)15)7(11)4-8(9)12/h3-5,13H,1-2H3,(H,14,15). The molecule has 6 heteroatoms. The van der Waals surface area contributed by atoms with E-state index >= 15 is 0 Å². The first-order valence-corrected chi connectivity index (χ1v) is 5.38. The zero-order valence-electron chi connectivity index (χ0n) is 8.75. The SMILES string of the molecule is CC(C)NSc1cc(C(=O)O)c(F)cc1F. The summed E-state index contributed by atoms with van der Waals surface area (Å²) >= 11 is 0.940. The molecule has 0 aromatic heterocycles. The third-order valence-electron chi connectivity index (χ3n) is 1.66. The highest BCUT2D eigenvalue weighted by atomic mass is 32.2. The summed E-state index contributed by atoms with van der Waals surface area (Å²) in [7, 11) is 0. The Morgan fingerprint density at radius 1 is 1.38 bits per heavy atom. The van der Waals surface area contributed by atoms with Gasteiger partial charge in [0.25, 0.3) is 0 Å². The van der Waals surface area contributed by atoms with Gasteiger partial charge in [-0.25, -0.2) is 13.6 Å². The molecule has 0 aliphatic heterocycles. The van der Waals surface area contributed by atoms with Gasteiger partial charge < -0.3 is 5.11 Å². The number of carboxylic acid groups (broad SMARTS) is 1. The molecule has 0 saturated heterocycles. The fraction of sp³-hybridized carbons (Fsp3) is 0.300. The van der Waals surface area contributed by atoms with E-state index in [-0.39, 0.29) is 10.9 Å². The van der Waals surface area contributed by atoms with Crippen LogP contribution in [0.4, 0.5) is 8.78 Å². The van der Waals surface area contributed by atoms with E-state index < -0.39 is 23.2 Å². The molecule has 0 atom stereocenters. The van der Waals surface area contributed by atoms with Crippen molar-refractivity contribution in [3.05, 3.63) is 29.3 Å². The number of hydrogen-bond acceptors (Lipinski definition) is 3. The smallest absolute Gasteiger partial charge is 0.338 e. The van der Waals surface area contributed by atoms with Gasteiger partial charge in [0, 0.05) is 12.1 Å². The Balaban J connectivity index is 3.00. The number of carbonyl (C=O) groups is 1.